The zero-order valence-corrected chi connectivity index (χ0v) is 16.9. The number of amides is 1. The smallest absolute Gasteiger partial charge is 0.259 e. The molecule has 1 aromatic heterocycles. The molecule has 1 heterocycles. The Bertz CT molecular complexity index is 1420. The topological polar surface area (TPSA) is 104 Å². The molecule has 0 aliphatic carbocycles. The van der Waals surface area contributed by atoms with E-state index >= 15 is 0 Å². The highest BCUT2D eigenvalue weighted by Crippen LogP contribution is 2.27. The summed E-state index contributed by atoms with van der Waals surface area (Å²) in [5.74, 6) is -2.62. The van der Waals surface area contributed by atoms with Gasteiger partial charge in [0, 0.05) is 11.6 Å². The third-order valence-electron chi connectivity index (χ3n) is 4.49. The van der Waals surface area contributed by atoms with Crippen LogP contribution in [0, 0.1) is 11.6 Å². The van der Waals surface area contributed by atoms with Crippen molar-refractivity contribution in [3.05, 3.63) is 77.9 Å². The molecule has 0 fully saturated rings. The first kappa shape index (κ1) is 20.5. The highest BCUT2D eigenvalue weighted by atomic mass is 32.2. The van der Waals surface area contributed by atoms with Gasteiger partial charge < -0.3 is 5.32 Å². The Morgan fingerprint density at radius 2 is 1.71 bits per heavy atom. The Morgan fingerprint density at radius 3 is 2.42 bits per heavy atom. The molecule has 0 saturated carbocycles. The molecule has 0 unspecified atom stereocenters. The van der Waals surface area contributed by atoms with E-state index in [0.29, 0.717) is 0 Å². The quantitative estimate of drug-likeness (QED) is 0.432. The summed E-state index contributed by atoms with van der Waals surface area (Å²) in [5.41, 5.74) is 0.301. The number of benzene rings is 3. The average molecular weight is 442 g/mol. The summed E-state index contributed by atoms with van der Waals surface area (Å²) in [5, 5.41) is 10.5. The summed E-state index contributed by atoms with van der Waals surface area (Å²) in [6.07, 6.45) is 0.984. The third kappa shape index (κ3) is 4.38. The lowest BCUT2D eigenvalue weighted by atomic mass is 10.0. The number of carbonyl (C=O) groups excluding carboxylic acids is 1. The molecule has 0 saturated heterocycles. The van der Waals surface area contributed by atoms with Crippen LogP contribution in [0.1, 0.15) is 10.4 Å². The second-order valence-corrected chi connectivity index (χ2v) is 8.59. The largest absolute Gasteiger partial charge is 0.305 e. The molecule has 0 bridgehead atoms. The molecular weight excluding hydrogens is 426 g/mol. The molecule has 4 aromatic rings. The molecule has 0 aliphatic heterocycles. The minimum absolute atomic E-state index is 0.0434. The molecule has 3 N–H and O–H groups in total. The number of anilines is 2. The van der Waals surface area contributed by atoms with Crippen molar-refractivity contribution in [2.24, 2.45) is 0 Å². The van der Waals surface area contributed by atoms with Crippen molar-refractivity contribution in [1.82, 2.24) is 10.2 Å². The number of rotatable bonds is 5. The van der Waals surface area contributed by atoms with Crippen molar-refractivity contribution in [2.45, 2.75) is 0 Å². The van der Waals surface area contributed by atoms with Gasteiger partial charge in [0.2, 0.25) is 10.0 Å². The van der Waals surface area contributed by atoms with Gasteiger partial charge >= 0.3 is 0 Å². The Morgan fingerprint density at radius 1 is 1.00 bits per heavy atom. The van der Waals surface area contributed by atoms with Crippen molar-refractivity contribution in [3.8, 4) is 11.3 Å². The van der Waals surface area contributed by atoms with Crippen LogP contribution < -0.4 is 10.0 Å². The molecule has 7 nitrogen and oxygen atoms in total. The van der Waals surface area contributed by atoms with Gasteiger partial charge in [-0.3, -0.25) is 14.6 Å². The lowest BCUT2D eigenvalue weighted by Gasteiger charge is -2.12. The molecule has 31 heavy (non-hydrogen) atoms. The van der Waals surface area contributed by atoms with Gasteiger partial charge in [-0.15, -0.1) is 0 Å². The first-order chi connectivity index (χ1) is 14.7. The molecule has 0 atom stereocenters. The lowest BCUT2D eigenvalue weighted by Crippen LogP contribution is -2.17. The number of aromatic nitrogens is 2. The van der Waals surface area contributed by atoms with E-state index in [1.54, 1.807) is 36.4 Å². The van der Waals surface area contributed by atoms with Crippen LogP contribution in [0.5, 0.6) is 0 Å². The van der Waals surface area contributed by atoms with Crippen molar-refractivity contribution in [1.29, 1.82) is 0 Å². The van der Waals surface area contributed by atoms with Crippen LogP contribution in [0.3, 0.4) is 0 Å². The number of nitrogens with zero attached hydrogens (tertiary/aromatic N) is 1. The number of aromatic amines is 1. The van der Waals surface area contributed by atoms with Crippen LogP contribution in [-0.4, -0.2) is 30.8 Å². The number of nitrogens with one attached hydrogen (secondary N) is 3. The monoisotopic (exact) mass is 442 g/mol. The Balaban J connectivity index is 1.68. The zero-order chi connectivity index (χ0) is 22.2. The van der Waals surface area contributed by atoms with Gasteiger partial charge in [-0.1, -0.05) is 30.3 Å². The summed E-state index contributed by atoms with van der Waals surface area (Å²) in [6.45, 7) is 0. The van der Waals surface area contributed by atoms with Gasteiger partial charge in [0.05, 0.1) is 23.2 Å². The number of hydrogen-bond donors (Lipinski definition) is 3. The lowest BCUT2D eigenvalue weighted by molar-refractivity contribution is 0.102. The normalized spacial score (nSPS) is 11.5. The van der Waals surface area contributed by atoms with E-state index < -0.39 is 27.6 Å². The second kappa shape index (κ2) is 7.80. The van der Waals surface area contributed by atoms with Crippen molar-refractivity contribution in [3.63, 3.8) is 0 Å². The van der Waals surface area contributed by atoms with Crippen LogP contribution >= 0.6 is 0 Å². The van der Waals surface area contributed by atoms with Crippen molar-refractivity contribution >= 4 is 38.2 Å². The van der Waals surface area contributed by atoms with Crippen LogP contribution in [0.25, 0.3) is 22.0 Å². The minimum atomic E-state index is -3.64. The van der Waals surface area contributed by atoms with E-state index in [4.69, 9.17) is 0 Å². The molecule has 158 valence electrons. The summed E-state index contributed by atoms with van der Waals surface area (Å²) < 4.78 is 53.4. The van der Waals surface area contributed by atoms with Gasteiger partial charge in [-0.2, -0.15) is 5.10 Å². The van der Waals surface area contributed by atoms with E-state index in [2.05, 4.69) is 20.2 Å². The third-order valence-corrected chi connectivity index (χ3v) is 5.08. The Hall–Kier alpha value is -3.79. The van der Waals surface area contributed by atoms with Crippen LogP contribution in [0.15, 0.2) is 60.7 Å². The maximum atomic E-state index is 14.0. The number of H-pyrrole nitrogens is 1. The summed E-state index contributed by atoms with van der Waals surface area (Å²) in [6, 6.07) is 15.3. The minimum Gasteiger partial charge on any atom is -0.305 e. The maximum Gasteiger partial charge on any atom is 0.259 e. The first-order valence-corrected chi connectivity index (χ1v) is 10.9. The van der Waals surface area contributed by atoms with Crippen molar-refractivity contribution < 1.29 is 22.0 Å². The fourth-order valence-corrected chi connectivity index (χ4v) is 3.70. The van der Waals surface area contributed by atoms with Gasteiger partial charge in [-0.25, -0.2) is 17.2 Å². The fourth-order valence-electron chi connectivity index (χ4n) is 3.13. The Kier molecular flexibility index (Phi) is 5.15. The van der Waals surface area contributed by atoms with Gasteiger partial charge in [0.15, 0.2) is 17.5 Å². The van der Waals surface area contributed by atoms with Crippen LogP contribution in [-0.2, 0) is 10.0 Å². The molecule has 0 radical (unpaired) electrons. The molecule has 0 aliphatic rings. The summed E-state index contributed by atoms with van der Waals surface area (Å²) in [4.78, 5) is 12.9. The SMILES string of the molecule is CS(=O)(=O)Nc1cc2ccccc2cc1C(=O)Nc1cc(-c2cccc(F)c2F)[nH]n1. The fraction of sp³-hybridized carbons (Fsp3) is 0.0476. The number of sulfonamides is 1. The molecular formula is C21H16F2N4O3S. The predicted molar refractivity (Wildman–Crippen MR) is 114 cm³/mol. The summed E-state index contributed by atoms with van der Waals surface area (Å²) in [7, 11) is -3.64. The first-order valence-electron chi connectivity index (χ1n) is 9.03. The maximum absolute atomic E-state index is 14.0. The standard InChI is InChI=1S/C21H16F2N4O3S/c1-31(29,30)27-18-10-13-6-3-2-5-12(13)9-15(18)21(28)24-19-11-17(25-26-19)14-7-4-8-16(22)20(14)23/h2-11,27H,1H3,(H2,24,25,26,28). The van der Waals surface area contributed by atoms with E-state index in [0.717, 1.165) is 23.1 Å². The highest BCUT2D eigenvalue weighted by Gasteiger charge is 2.18. The van der Waals surface area contributed by atoms with Gasteiger partial charge in [0.1, 0.15) is 0 Å². The van der Waals surface area contributed by atoms with Crippen molar-refractivity contribution in [2.75, 3.05) is 16.3 Å². The zero-order valence-electron chi connectivity index (χ0n) is 16.1. The Labute approximate surface area is 176 Å². The van der Waals surface area contributed by atoms with E-state index in [9.17, 15) is 22.0 Å². The van der Waals surface area contributed by atoms with E-state index in [1.165, 1.54) is 18.2 Å². The molecule has 1 amide bonds. The molecule has 10 heteroatoms. The van der Waals surface area contributed by atoms with Crippen LogP contribution in [0.4, 0.5) is 20.3 Å². The molecule has 3 aromatic carbocycles. The summed E-state index contributed by atoms with van der Waals surface area (Å²) >= 11 is 0. The van der Waals surface area contributed by atoms with Gasteiger partial charge in [0.25, 0.3) is 5.91 Å². The molecule has 4 rings (SSSR count). The number of hydrogen-bond acceptors (Lipinski definition) is 4. The average Bonchev–Trinajstić information content (AvgIpc) is 3.16. The van der Waals surface area contributed by atoms with E-state index in [1.807, 2.05) is 0 Å². The van der Waals surface area contributed by atoms with Crippen LogP contribution in [0.2, 0.25) is 0 Å². The number of fused-ring (bicyclic) bond motifs is 1. The molecule has 0 spiro atoms. The number of halogens is 2. The van der Waals surface area contributed by atoms with Gasteiger partial charge in [-0.05, 0) is 35.0 Å². The van der Waals surface area contributed by atoms with E-state index in [-0.39, 0.29) is 28.3 Å². The second-order valence-electron chi connectivity index (χ2n) is 6.84. The highest BCUT2D eigenvalue weighted by molar-refractivity contribution is 7.92. The predicted octanol–water partition coefficient (Wildman–Crippen LogP) is 4.13. The number of carbonyl (C=O) groups is 1.